The lowest BCUT2D eigenvalue weighted by Crippen LogP contribution is -2.06. The maximum absolute atomic E-state index is 5.20. The zero-order valence-corrected chi connectivity index (χ0v) is 25.5. The van der Waals surface area contributed by atoms with E-state index in [4.69, 9.17) is 15.0 Å². The van der Waals surface area contributed by atoms with E-state index in [1.54, 1.807) is 0 Å². The van der Waals surface area contributed by atoms with Crippen LogP contribution in [0, 0.1) is 0 Å². The van der Waals surface area contributed by atoms with Crippen LogP contribution in [0.1, 0.15) is 0 Å². The molecule has 0 spiro atoms. The highest BCUT2D eigenvalue weighted by Crippen LogP contribution is 2.44. The van der Waals surface area contributed by atoms with Gasteiger partial charge in [-0.25, -0.2) is 4.98 Å². The van der Waals surface area contributed by atoms with Crippen LogP contribution in [0.5, 0.6) is 0 Å². The van der Waals surface area contributed by atoms with E-state index < -0.39 is 0 Å². The summed E-state index contributed by atoms with van der Waals surface area (Å²) in [5, 5.41) is 4.75. The Hall–Kier alpha value is -6.39. The van der Waals surface area contributed by atoms with Crippen LogP contribution in [0.4, 0.5) is 0 Å². The van der Waals surface area contributed by atoms with E-state index in [2.05, 4.69) is 114 Å². The smallest absolute Gasteiger partial charge is 0.238 e. The molecule has 7 aromatic carbocycles. The van der Waals surface area contributed by atoms with Crippen molar-refractivity contribution < 1.29 is 0 Å². The highest BCUT2D eigenvalue weighted by molar-refractivity contribution is 6.27. The van der Waals surface area contributed by atoms with Gasteiger partial charge < -0.3 is 0 Å². The third-order valence-corrected chi connectivity index (χ3v) is 8.86. The molecule has 0 aliphatic carbocycles. The fourth-order valence-electron chi connectivity index (χ4n) is 6.75. The predicted molar refractivity (Wildman–Crippen MR) is 193 cm³/mol. The van der Waals surface area contributed by atoms with Gasteiger partial charge in [-0.1, -0.05) is 158 Å². The molecule has 0 N–H and O–H groups in total. The summed E-state index contributed by atoms with van der Waals surface area (Å²) in [6.07, 6.45) is 0. The zero-order chi connectivity index (χ0) is 31.2. The Kier molecular flexibility index (Phi) is 6.43. The Bertz CT molecular complexity index is 2480. The molecule has 0 amide bonds. The van der Waals surface area contributed by atoms with Crippen LogP contribution in [-0.2, 0) is 0 Å². The molecule has 0 aliphatic rings. The van der Waals surface area contributed by atoms with Crippen molar-refractivity contribution in [2.24, 2.45) is 0 Å². The van der Waals surface area contributed by atoms with Crippen LogP contribution >= 0.6 is 0 Å². The van der Waals surface area contributed by atoms with E-state index in [-0.39, 0.29) is 0 Å². The van der Waals surface area contributed by atoms with Gasteiger partial charge in [0.1, 0.15) is 0 Å². The molecule has 0 atom stereocenters. The molecule has 9 aromatic rings. The topological polar surface area (TPSA) is 43.6 Å². The van der Waals surface area contributed by atoms with Gasteiger partial charge in [0.15, 0.2) is 11.6 Å². The first-order valence-electron chi connectivity index (χ1n) is 15.8. The van der Waals surface area contributed by atoms with Gasteiger partial charge in [-0.2, -0.15) is 9.97 Å². The molecule has 2 aromatic heterocycles. The van der Waals surface area contributed by atoms with Crippen molar-refractivity contribution in [2.45, 2.75) is 0 Å². The van der Waals surface area contributed by atoms with E-state index in [1.807, 2.05) is 60.7 Å². The lowest BCUT2D eigenvalue weighted by molar-refractivity contribution is 0.954. The molecule has 4 nitrogen and oxygen atoms in total. The van der Waals surface area contributed by atoms with E-state index >= 15 is 0 Å². The normalized spacial score (nSPS) is 11.4. The third kappa shape index (κ3) is 4.58. The van der Waals surface area contributed by atoms with Crippen LogP contribution in [0.25, 0.3) is 83.6 Å². The molecular weight excluding hydrogens is 573 g/mol. The number of benzene rings is 7. The molecule has 0 unspecified atom stereocenters. The van der Waals surface area contributed by atoms with Crippen molar-refractivity contribution >= 4 is 32.6 Å². The Balaban J connectivity index is 1.46. The van der Waals surface area contributed by atoms with Crippen LogP contribution in [0.3, 0.4) is 0 Å². The Morgan fingerprint density at radius 3 is 1.40 bits per heavy atom. The molecule has 47 heavy (non-hydrogen) atoms. The summed E-state index contributed by atoms with van der Waals surface area (Å²) < 4.78 is 2.23. The summed E-state index contributed by atoms with van der Waals surface area (Å²) in [6.45, 7) is 0. The molecule has 0 aliphatic heterocycles. The Morgan fingerprint density at radius 1 is 0.340 bits per heavy atom. The minimum atomic E-state index is 0.581. The Morgan fingerprint density at radius 2 is 0.830 bits per heavy atom. The second-order valence-electron chi connectivity index (χ2n) is 11.6. The maximum Gasteiger partial charge on any atom is 0.238 e. The van der Waals surface area contributed by atoms with Crippen molar-refractivity contribution in [1.82, 2.24) is 19.5 Å². The second-order valence-corrected chi connectivity index (χ2v) is 11.6. The van der Waals surface area contributed by atoms with Crippen molar-refractivity contribution in [3.63, 3.8) is 0 Å². The molecule has 0 saturated carbocycles. The fourth-order valence-corrected chi connectivity index (χ4v) is 6.75. The molecule has 2 heterocycles. The SMILES string of the molecule is c1ccc(-c2nc(-c3ccccc3)nc(-n3c4cccc(-c5ccccc5)c4c4c5ccccc5c(-c5ccccc5)cc43)n2)cc1. The number of fused-ring (bicyclic) bond motifs is 5. The van der Waals surface area contributed by atoms with Crippen molar-refractivity contribution in [1.29, 1.82) is 0 Å². The van der Waals surface area contributed by atoms with Gasteiger partial charge >= 0.3 is 0 Å². The van der Waals surface area contributed by atoms with Gasteiger partial charge in [-0.05, 0) is 45.2 Å². The summed E-state index contributed by atoms with van der Waals surface area (Å²) in [7, 11) is 0. The third-order valence-electron chi connectivity index (χ3n) is 8.86. The molecule has 220 valence electrons. The average molecular weight is 601 g/mol. The molecule has 0 saturated heterocycles. The summed E-state index contributed by atoms with van der Waals surface area (Å²) in [4.78, 5) is 15.4. The number of nitrogens with zero attached hydrogens (tertiary/aromatic N) is 4. The zero-order valence-electron chi connectivity index (χ0n) is 25.5. The van der Waals surface area contributed by atoms with Gasteiger partial charge in [0, 0.05) is 21.9 Å². The van der Waals surface area contributed by atoms with Crippen LogP contribution in [0.15, 0.2) is 170 Å². The maximum atomic E-state index is 5.20. The standard InChI is InChI=1S/C43H28N4/c1-5-16-29(17-6-1)33-26-15-27-37-39(33)40-35-25-14-13-24-34(35)36(30-18-7-2-8-19-30)28-38(40)47(37)43-45-41(31-20-9-3-10-21-31)44-42(46-43)32-22-11-4-12-23-32/h1-28H. The van der Waals surface area contributed by atoms with E-state index in [0.717, 1.165) is 27.7 Å². The highest BCUT2D eigenvalue weighted by Gasteiger charge is 2.23. The van der Waals surface area contributed by atoms with E-state index in [9.17, 15) is 0 Å². The van der Waals surface area contributed by atoms with Gasteiger partial charge in [-0.15, -0.1) is 0 Å². The lowest BCUT2D eigenvalue weighted by Gasteiger charge is -2.13. The fraction of sp³-hybridized carbons (Fsp3) is 0. The predicted octanol–water partition coefficient (Wildman–Crippen LogP) is 10.8. The number of hydrogen-bond acceptors (Lipinski definition) is 3. The van der Waals surface area contributed by atoms with Crippen molar-refractivity contribution in [3.05, 3.63) is 170 Å². The number of hydrogen-bond donors (Lipinski definition) is 0. The van der Waals surface area contributed by atoms with E-state index in [0.29, 0.717) is 17.6 Å². The van der Waals surface area contributed by atoms with Gasteiger partial charge in [0.25, 0.3) is 0 Å². The summed E-state index contributed by atoms with van der Waals surface area (Å²) in [6, 6.07) is 59.2. The van der Waals surface area contributed by atoms with Crippen molar-refractivity contribution in [3.8, 4) is 51.0 Å². The molecule has 0 bridgehead atoms. The first-order valence-corrected chi connectivity index (χ1v) is 15.8. The summed E-state index contributed by atoms with van der Waals surface area (Å²) in [5.41, 5.74) is 8.63. The summed E-state index contributed by atoms with van der Waals surface area (Å²) in [5.74, 6) is 1.85. The first kappa shape index (κ1) is 27.0. The van der Waals surface area contributed by atoms with Gasteiger partial charge in [0.05, 0.1) is 11.0 Å². The number of aromatic nitrogens is 4. The van der Waals surface area contributed by atoms with Gasteiger partial charge in [0.2, 0.25) is 5.95 Å². The highest BCUT2D eigenvalue weighted by atomic mass is 15.2. The molecule has 0 fully saturated rings. The van der Waals surface area contributed by atoms with Crippen LogP contribution < -0.4 is 0 Å². The van der Waals surface area contributed by atoms with Crippen LogP contribution in [0.2, 0.25) is 0 Å². The average Bonchev–Trinajstić information content (AvgIpc) is 3.50. The molecule has 0 radical (unpaired) electrons. The Labute approximate surface area is 272 Å². The minimum absolute atomic E-state index is 0.581. The van der Waals surface area contributed by atoms with E-state index in [1.165, 1.54) is 38.2 Å². The molecule has 9 rings (SSSR count). The minimum Gasteiger partial charge on any atom is -0.278 e. The number of rotatable bonds is 5. The molecule has 4 heteroatoms. The van der Waals surface area contributed by atoms with Gasteiger partial charge in [-0.3, -0.25) is 4.57 Å². The first-order chi connectivity index (χ1) is 23.3. The second kappa shape index (κ2) is 11.2. The largest absolute Gasteiger partial charge is 0.278 e. The molecular formula is C43H28N4. The van der Waals surface area contributed by atoms with Crippen molar-refractivity contribution in [2.75, 3.05) is 0 Å². The van der Waals surface area contributed by atoms with Crippen LogP contribution in [-0.4, -0.2) is 19.5 Å². The monoisotopic (exact) mass is 600 g/mol. The quantitative estimate of drug-likeness (QED) is 0.197. The lowest BCUT2D eigenvalue weighted by atomic mass is 9.93. The summed E-state index contributed by atoms with van der Waals surface area (Å²) >= 11 is 0.